The summed E-state index contributed by atoms with van der Waals surface area (Å²) in [5, 5.41) is 21.9. The first-order valence-electron chi connectivity index (χ1n) is 9.74. The zero-order valence-electron chi connectivity index (χ0n) is 18.0. The van der Waals surface area contributed by atoms with Crippen molar-refractivity contribution in [1.29, 1.82) is 5.41 Å². The van der Waals surface area contributed by atoms with E-state index >= 15 is 0 Å². The van der Waals surface area contributed by atoms with E-state index in [1.54, 1.807) is 6.07 Å². The van der Waals surface area contributed by atoms with Gasteiger partial charge >= 0.3 is 6.18 Å². The number of halogens is 4. The third-order valence-electron chi connectivity index (χ3n) is 4.83. The van der Waals surface area contributed by atoms with Crippen LogP contribution in [0.3, 0.4) is 0 Å². The van der Waals surface area contributed by atoms with Crippen LogP contribution in [0.15, 0.2) is 57.8 Å². The van der Waals surface area contributed by atoms with Gasteiger partial charge in [-0.1, -0.05) is 12.1 Å². The molecule has 0 bridgehead atoms. The summed E-state index contributed by atoms with van der Waals surface area (Å²) in [7, 11) is 0. The SMILES string of the molecule is CC(O)(C(C=Nc1ccccc1F)=NN)c1cc(-c2cnc(C(F)(F)F)nc2)c(C(N)=NC=N)[nH]1. The van der Waals surface area contributed by atoms with Gasteiger partial charge in [-0.25, -0.2) is 19.4 Å². The number of hydrogen-bond donors (Lipinski definition) is 5. The number of rotatable bonds is 7. The van der Waals surface area contributed by atoms with Gasteiger partial charge in [-0.3, -0.25) is 10.4 Å². The van der Waals surface area contributed by atoms with Crippen LogP contribution in [0.25, 0.3) is 11.1 Å². The lowest BCUT2D eigenvalue weighted by atomic mass is 9.95. The molecule has 0 amide bonds. The molecule has 0 fully saturated rings. The Bertz CT molecular complexity index is 1310. The Balaban J connectivity index is 2.07. The van der Waals surface area contributed by atoms with Crippen molar-refractivity contribution in [3.63, 3.8) is 0 Å². The van der Waals surface area contributed by atoms with Crippen molar-refractivity contribution in [3.05, 3.63) is 65.8 Å². The Hall–Kier alpha value is -4.46. The van der Waals surface area contributed by atoms with Gasteiger partial charge in [0.2, 0.25) is 5.82 Å². The number of alkyl halides is 3. The van der Waals surface area contributed by atoms with Crippen molar-refractivity contribution in [1.82, 2.24) is 15.0 Å². The van der Waals surface area contributed by atoms with E-state index in [9.17, 15) is 22.7 Å². The van der Waals surface area contributed by atoms with E-state index in [4.69, 9.17) is 17.0 Å². The molecule has 10 nitrogen and oxygen atoms in total. The van der Waals surface area contributed by atoms with E-state index in [2.05, 4.69) is 30.0 Å². The lowest BCUT2D eigenvalue weighted by molar-refractivity contribution is -0.144. The van der Waals surface area contributed by atoms with Crippen LogP contribution in [0, 0.1) is 11.2 Å². The van der Waals surface area contributed by atoms with E-state index in [0.29, 0.717) is 6.34 Å². The summed E-state index contributed by atoms with van der Waals surface area (Å²) in [5.41, 5.74) is 4.13. The van der Waals surface area contributed by atoms with E-state index in [1.165, 1.54) is 31.2 Å². The van der Waals surface area contributed by atoms with Crippen LogP contribution in [0.2, 0.25) is 0 Å². The fourth-order valence-electron chi connectivity index (χ4n) is 3.00. The number of nitrogens with zero attached hydrogens (tertiary/aromatic N) is 5. The van der Waals surface area contributed by atoms with Crippen LogP contribution < -0.4 is 11.6 Å². The minimum atomic E-state index is -4.74. The number of para-hydroxylation sites is 1. The van der Waals surface area contributed by atoms with Crippen LogP contribution in [-0.4, -0.2) is 44.2 Å². The third kappa shape index (κ3) is 5.38. The summed E-state index contributed by atoms with van der Waals surface area (Å²) in [6.07, 6.45) is -1.16. The fourth-order valence-corrected chi connectivity index (χ4v) is 3.00. The van der Waals surface area contributed by atoms with Crippen LogP contribution in [0.4, 0.5) is 23.2 Å². The number of aliphatic hydroxyl groups is 1. The normalized spacial score (nSPS) is 14.8. The second kappa shape index (κ2) is 9.80. The molecular formula is C21H19F4N9O. The molecule has 0 saturated carbocycles. The number of hydrazone groups is 1. The Kier molecular flexibility index (Phi) is 7.05. The maximum absolute atomic E-state index is 13.9. The minimum absolute atomic E-state index is 0.0263. The maximum Gasteiger partial charge on any atom is 0.451 e. The first-order valence-corrected chi connectivity index (χ1v) is 9.74. The van der Waals surface area contributed by atoms with E-state index in [1.807, 2.05) is 0 Å². The molecular weight excluding hydrogens is 470 g/mol. The van der Waals surface area contributed by atoms with Crippen molar-refractivity contribution in [3.8, 4) is 11.1 Å². The van der Waals surface area contributed by atoms with E-state index in [0.717, 1.165) is 18.6 Å². The molecule has 2 heterocycles. The molecule has 1 atom stereocenters. The summed E-state index contributed by atoms with van der Waals surface area (Å²) in [4.78, 5) is 17.1. The predicted molar refractivity (Wildman–Crippen MR) is 122 cm³/mol. The minimum Gasteiger partial charge on any atom is -0.382 e. The van der Waals surface area contributed by atoms with Crippen molar-refractivity contribution in [2.75, 3.05) is 0 Å². The maximum atomic E-state index is 13.9. The number of H-pyrrole nitrogens is 1. The molecule has 1 unspecified atom stereocenters. The van der Waals surface area contributed by atoms with Gasteiger partial charge in [0, 0.05) is 23.5 Å². The highest BCUT2D eigenvalue weighted by Crippen LogP contribution is 2.32. The standard InChI is InChI=1S/C21H19F4N9O/c1-20(35,16(34-28)9-29-14-5-3-2-4-13(14)22)15-6-12(17(33-15)18(27)32-10-26)11-7-30-19(31-8-11)21(23,24)25/h2-10,33,35H,28H2,1H3,(H3,26,27,32). The van der Waals surface area contributed by atoms with Gasteiger partial charge < -0.3 is 21.7 Å². The predicted octanol–water partition coefficient (Wildman–Crippen LogP) is 2.87. The summed E-state index contributed by atoms with van der Waals surface area (Å²) in [6, 6.07) is 7.00. The Morgan fingerprint density at radius 1 is 1.20 bits per heavy atom. The van der Waals surface area contributed by atoms with Crippen molar-refractivity contribution >= 4 is 29.8 Å². The second-order valence-electron chi connectivity index (χ2n) is 7.20. The summed E-state index contributed by atoms with van der Waals surface area (Å²) < 4.78 is 52.4. The zero-order chi connectivity index (χ0) is 25.8. The Morgan fingerprint density at radius 2 is 1.86 bits per heavy atom. The topological polar surface area (TPSA) is 175 Å². The quantitative estimate of drug-likeness (QED) is 0.113. The molecule has 7 N–H and O–H groups in total. The Morgan fingerprint density at radius 3 is 2.43 bits per heavy atom. The smallest absolute Gasteiger partial charge is 0.382 e. The lowest BCUT2D eigenvalue weighted by Gasteiger charge is -2.21. The molecule has 0 spiro atoms. The zero-order valence-corrected chi connectivity index (χ0v) is 18.0. The van der Waals surface area contributed by atoms with Gasteiger partial charge in [0.05, 0.1) is 23.3 Å². The summed E-state index contributed by atoms with van der Waals surface area (Å²) >= 11 is 0. The third-order valence-corrected chi connectivity index (χ3v) is 4.83. The van der Waals surface area contributed by atoms with Gasteiger partial charge in [-0.2, -0.15) is 18.3 Å². The fraction of sp³-hybridized carbons (Fsp3) is 0.143. The summed E-state index contributed by atoms with van der Waals surface area (Å²) in [6.45, 7) is 1.30. The highest BCUT2D eigenvalue weighted by Gasteiger charge is 2.35. The molecule has 2 aromatic heterocycles. The molecule has 0 radical (unpaired) electrons. The largest absolute Gasteiger partial charge is 0.451 e. The van der Waals surface area contributed by atoms with Gasteiger partial charge in [0.15, 0.2) is 0 Å². The van der Waals surface area contributed by atoms with Crippen LogP contribution >= 0.6 is 0 Å². The molecule has 182 valence electrons. The van der Waals surface area contributed by atoms with Crippen LogP contribution in [0.1, 0.15) is 24.1 Å². The molecule has 0 saturated heterocycles. The monoisotopic (exact) mass is 489 g/mol. The number of amidine groups is 1. The van der Waals surface area contributed by atoms with Gasteiger partial charge in [0.25, 0.3) is 0 Å². The Labute approximate surface area is 195 Å². The van der Waals surface area contributed by atoms with Gasteiger partial charge in [-0.05, 0) is 25.1 Å². The molecule has 1 aromatic carbocycles. The summed E-state index contributed by atoms with van der Waals surface area (Å²) in [5.74, 6) is 3.29. The first kappa shape index (κ1) is 25.2. The van der Waals surface area contributed by atoms with Gasteiger partial charge in [-0.15, -0.1) is 0 Å². The highest BCUT2D eigenvalue weighted by molar-refractivity contribution is 6.34. The molecule has 3 rings (SSSR count). The van der Waals surface area contributed by atoms with E-state index in [-0.39, 0.29) is 39.7 Å². The van der Waals surface area contributed by atoms with Crippen LogP contribution in [-0.2, 0) is 11.8 Å². The molecule has 0 aliphatic rings. The van der Waals surface area contributed by atoms with Gasteiger partial charge in [0.1, 0.15) is 29.3 Å². The number of aromatic amines is 1. The molecule has 3 aromatic rings. The number of aromatic nitrogens is 3. The number of aliphatic imine (C=N–C) groups is 2. The first-order chi connectivity index (χ1) is 16.5. The van der Waals surface area contributed by atoms with Crippen molar-refractivity contribution < 1.29 is 22.7 Å². The average Bonchev–Trinajstić information content (AvgIpc) is 3.27. The lowest BCUT2D eigenvalue weighted by Crippen LogP contribution is -2.35. The second-order valence-corrected chi connectivity index (χ2v) is 7.20. The number of hydrogen-bond acceptors (Lipinski definition) is 7. The number of nitrogens with two attached hydrogens (primary N) is 2. The molecule has 14 heteroatoms. The van der Waals surface area contributed by atoms with Crippen LogP contribution in [0.5, 0.6) is 0 Å². The molecule has 0 aliphatic heterocycles. The molecule has 0 aliphatic carbocycles. The average molecular weight is 489 g/mol. The van der Waals surface area contributed by atoms with Crippen molar-refractivity contribution in [2.45, 2.75) is 18.7 Å². The molecule has 35 heavy (non-hydrogen) atoms. The highest BCUT2D eigenvalue weighted by atomic mass is 19.4. The van der Waals surface area contributed by atoms with Crippen molar-refractivity contribution in [2.24, 2.45) is 26.7 Å². The number of benzene rings is 1. The van der Waals surface area contributed by atoms with E-state index < -0.39 is 23.4 Å². The number of nitrogens with one attached hydrogen (secondary N) is 2.